The van der Waals surface area contributed by atoms with Crippen molar-refractivity contribution in [2.24, 2.45) is 17.8 Å². The molecular weight excluding hydrogens is 407 g/mol. The number of carbonyl (C=O) groups excluding carboxylic acids is 2. The number of hydrogen-bond acceptors (Lipinski definition) is 4. The molecule has 4 nitrogen and oxygen atoms in total. The van der Waals surface area contributed by atoms with E-state index in [0.29, 0.717) is 17.2 Å². The molecule has 0 amide bonds. The lowest BCUT2D eigenvalue weighted by Gasteiger charge is -2.41. The molecule has 0 radical (unpaired) electrons. The summed E-state index contributed by atoms with van der Waals surface area (Å²) in [7, 11) is 0. The third-order valence-electron chi connectivity index (χ3n) is 7.01. The average molecular weight is 439 g/mol. The lowest BCUT2D eigenvalue weighted by molar-refractivity contribution is -0.00620. The van der Waals surface area contributed by atoms with Gasteiger partial charge in [-0.1, -0.05) is 32.3 Å². The molecule has 0 heterocycles. The van der Waals surface area contributed by atoms with Gasteiger partial charge in [0.15, 0.2) is 0 Å². The van der Waals surface area contributed by atoms with E-state index in [2.05, 4.69) is 6.92 Å². The van der Waals surface area contributed by atoms with Gasteiger partial charge in [0.05, 0.1) is 11.1 Å². The van der Waals surface area contributed by atoms with Crippen molar-refractivity contribution in [1.82, 2.24) is 0 Å². The highest BCUT2D eigenvalue weighted by molar-refractivity contribution is 5.92. The SMILES string of the molecule is CCC[C@H]1CC[C@@H]2C[C@H](OC(=O)c3ccc(OC(=O)c4cccc(F)c4)cc3)CC[C@@H]2C1. The molecule has 32 heavy (non-hydrogen) atoms. The molecule has 4 atom stereocenters. The second-order valence-corrected chi connectivity index (χ2v) is 9.25. The Labute approximate surface area is 189 Å². The van der Waals surface area contributed by atoms with Gasteiger partial charge in [0.25, 0.3) is 0 Å². The van der Waals surface area contributed by atoms with E-state index < -0.39 is 11.8 Å². The Morgan fingerprint density at radius 2 is 1.66 bits per heavy atom. The number of fused-ring (bicyclic) bond motifs is 1. The topological polar surface area (TPSA) is 52.6 Å². The molecule has 0 saturated heterocycles. The number of carbonyl (C=O) groups is 2. The Balaban J connectivity index is 1.28. The molecular formula is C27H31FO4. The maximum Gasteiger partial charge on any atom is 0.343 e. The van der Waals surface area contributed by atoms with E-state index in [4.69, 9.17) is 9.47 Å². The maximum atomic E-state index is 13.3. The van der Waals surface area contributed by atoms with Crippen molar-refractivity contribution in [1.29, 1.82) is 0 Å². The summed E-state index contributed by atoms with van der Waals surface area (Å²) >= 11 is 0. The minimum absolute atomic E-state index is 0.0167. The van der Waals surface area contributed by atoms with Crippen LogP contribution in [-0.2, 0) is 4.74 Å². The standard InChI is InChI=1S/C27H31FO4/c1-2-4-18-7-8-21-17-25(14-11-20(21)15-18)32-26(29)19-9-12-24(13-10-19)31-27(30)22-5-3-6-23(28)16-22/h3,5-6,9-10,12-13,16,18,20-21,25H,2,4,7-8,11,14-15,17H2,1H3/t18-,20+,21+,25+/m0/s1. The first-order valence-electron chi connectivity index (χ1n) is 11.8. The monoisotopic (exact) mass is 438 g/mol. The van der Waals surface area contributed by atoms with Crippen LogP contribution in [0.25, 0.3) is 0 Å². The summed E-state index contributed by atoms with van der Waals surface area (Å²) in [5, 5.41) is 0. The summed E-state index contributed by atoms with van der Waals surface area (Å²) < 4.78 is 24.4. The van der Waals surface area contributed by atoms with Gasteiger partial charge >= 0.3 is 11.9 Å². The van der Waals surface area contributed by atoms with Crippen LogP contribution in [0.5, 0.6) is 5.75 Å². The van der Waals surface area contributed by atoms with E-state index in [9.17, 15) is 14.0 Å². The fraction of sp³-hybridized carbons (Fsp3) is 0.481. The summed E-state index contributed by atoms with van der Waals surface area (Å²) in [6, 6.07) is 11.6. The lowest BCUT2D eigenvalue weighted by Crippen LogP contribution is -2.35. The van der Waals surface area contributed by atoms with Gasteiger partial charge < -0.3 is 9.47 Å². The van der Waals surface area contributed by atoms with Gasteiger partial charge in [-0.05, 0) is 92.3 Å². The van der Waals surface area contributed by atoms with Gasteiger partial charge in [0.2, 0.25) is 0 Å². The summed E-state index contributed by atoms with van der Waals surface area (Å²) in [6.07, 6.45) is 9.57. The molecule has 0 unspecified atom stereocenters. The molecule has 0 aliphatic heterocycles. The molecule has 0 N–H and O–H groups in total. The first-order valence-corrected chi connectivity index (χ1v) is 11.8. The zero-order chi connectivity index (χ0) is 22.5. The highest BCUT2D eigenvalue weighted by Gasteiger charge is 2.36. The number of rotatable bonds is 6. The third-order valence-corrected chi connectivity index (χ3v) is 7.01. The number of halogens is 1. The van der Waals surface area contributed by atoms with Crippen LogP contribution in [-0.4, -0.2) is 18.0 Å². The number of hydrogen-bond donors (Lipinski definition) is 0. The number of esters is 2. The Kier molecular flexibility index (Phi) is 7.23. The van der Waals surface area contributed by atoms with Crippen molar-refractivity contribution in [2.75, 3.05) is 0 Å². The van der Waals surface area contributed by atoms with Crippen LogP contribution >= 0.6 is 0 Å². The summed E-state index contributed by atoms with van der Waals surface area (Å²) in [6.45, 7) is 2.27. The third kappa shape index (κ3) is 5.56. The van der Waals surface area contributed by atoms with Gasteiger partial charge in [0.1, 0.15) is 17.7 Å². The smallest absolute Gasteiger partial charge is 0.343 e. The van der Waals surface area contributed by atoms with E-state index in [1.54, 1.807) is 24.3 Å². The van der Waals surface area contributed by atoms with Crippen LogP contribution in [0.2, 0.25) is 0 Å². The van der Waals surface area contributed by atoms with E-state index >= 15 is 0 Å². The summed E-state index contributed by atoms with van der Waals surface area (Å²) in [5.74, 6) is 1.16. The maximum absolute atomic E-state index is 13.3. The van der Waals surface area contributed by atoms with Crippen molar-refractivity contribution in [3.8, 4) is 5.75 Å². The molecule has 4 rings (SSSR count). The predicted molar refractivity (Wildman–Crippen MR) is 120 cm³/mol. The van der Waals surface area contributed by atoms with E-state index in [1.165, 1.54) is 50.3 Å². The fourth-order valence-corrected chi connectivity index (χ4v) is 5.38. The minimum atomic E-state index is -0.648. The highest BCUT2D eigenvalue weighted by Crippen LogP contribution is 2.44. The van der Waals surface area contributed by atoms with Crippen LogP contribution in [0.15, 0.2) is 48.5 Å². The molecule has 0 aromatic heterocycles. The normalized spacial score (nSPS) is 24.9. The average Bonchev–Trinajstić information content (AvgIpc) is 2.80. The van der Waals surface area contributed by atoms with Crippen LogP contribution in [0, 0.1) is 23.6 Å². The highest BCUT2D eigenvalue weighted by atomic mass is 19.1. The molecule has 2 aliphatic carbocycles. The Morgan fingerprint density at radius 3 is 2.41 bits per heavy atom. The van der Waals surface area contributed by atoms with E-state index in [1.807, 2.05) is 0 Å². The van der Waals surface area contributed by atoms with Crippen LogP contribution in [0.4, 0.5) is 4.39 Å². The molecule has 5 heteroatoms. The quantitative estimate of drug-likeness (QED) is 0.377. The zero-order valence-corrected chi connectivity index (χ0v) is 18.6. The van der Waals surface area contributed by atoms with E-state index in [0.717, 1.165) is 37.2 Å². The van der Waals surface area contributed by atoms with Crippen LogP contribution in [0.3, 0.4) is 0 Å². The fourth-order valence-electron chi connectivity index (χ4n) is 5.38. The van der Waals surface area contributed by atoms with Crippen LogP contribution in [0.1, 0.15) is 79.0 Å². The Bertz CT molecular complexity index is 939. The zero-order valence-electron chi connectivity index (χ0n) is 18.6. The summed E-state index contributed by atoms with van der Waals surface area (Å²) in [5.41, 5.74) is 0.567. The van der Waals surface area contributed by atoms with Crippen molar-refractivity contribution < 1.29 is 23.5 Å². The van der Waals surface area contributed by atoms with Crippen molar-refractivity contribution in [3.05, 3.63) is 65.5 Å². The van der Waals surface area contributed by atoms with E-state index in [-0.39, 0.29) is 17.6 Å². The van der Waals surface area contributed by atoms with Gasteiger partial charge in [0, 0.05) is 0 Å². The van der Waals surface area contributed by atoms with Crippen molar-refractivity contribution in [2.45, 2.75) is 64.4 Å². The molecule has 2 saturated carbocycles. The largest absolute Gasteiger partial charge is 0.459 e. The molecule has 170 valence electrons. The van der Waals surface area contributed by atoms with Gasteiger partial charge in [-0.25, -0.2) is 14.0 Å². The molecule has 2 aromatic carbocycles. The van der Waals surface area contributed by atoms with Gasteiger partial charge in [-0.15, -0.1) is 0 Å². The minimum Gasteiger partial charge on any atom is -0.459 e. The molecule has 2 aliphatic rings. The molecule has 0 spiro atoms. The van der Waals surface area contributed by atoms with Gasteiger partial charge in [-0.3, -0.25) is 0 Å². The predicted octanol–water partition coefficient (Wildman–Crippen LogP) is 6.59. The van der Waals surface area contributed by atoms with Crippen molar-refractivity contribution >= 4 is 11.9 Å². The molecule has 2 aromatic rings. The molecule has 2 fully saturated rings. The van der Waals surface area contributed by atoms with Crippen molar-refractivity contribution in [3.63, 3.8) is 0 Å². The lowest BCUT2D eigenvalue weighted by atomic mass is 9.66. The number of ether oxygens (including phenoxy) is 2. The summed E-state index contributed by atoms with van der Waals surface area (Å²) in [4.78, 5) is 24.8. The first kappa shape index (κ1) is 22.5. The Morgan fingerprint density at radius 1 is 0.906 bits per heavy atom. The molecule has 0 bridgehead atoms. The first-order chi connectivity index (χ1) is 15.5. The second-order valence-electron chi connectivity index (χ2n) is 9.25. The Hall–Kier alpha value is -2.69. The number of benzene rings is 2. The van der Waals surface area contributed by atoms with Crippen LogP contribution < -0.4 is 4.74 Å². The van der Waals surface area contributed by atoms with Gasteiger partial charge in [-0.2, -0.15) is 0 Å². The second kappa shape index (κ2) is 10.3.